The molecule has 3 unspecified atom stereocenters. The fraction of sp³-hybridized carbons (Fsp3) is 0.947. The van der Waals surface area contributed by atoms with Gasteiger partial charge in [-0.2, -0.15) is 0 Å². The topological polar surface area (TPSA) is 41.6 Å². The van der Waals surface area contributed by atoms with E-state index in [4.69, 9.17) is 4.74 Å². The number of carbonyl (C=O) groups is 1. The van der Waals surface area contributed by atoms with E-state index in [1.54, 1.807) is 0 Å². The number of hydrogen-bond donors (Lipinski definition) is 1. The zero-order chi connectivity index (χ0) is 17.5. The van der Waals surface area contributed by atoms with Crippen LogP contribution in [0.4, 0.5) is 4.79 Å². The third-order valence-electron chi connectivity index (χ3n) is 4.79. The Labute approximate surface area is 143 Å². The van der Waals surface area contributed by atoms with Crippen molar-refractivity contribution in [3.05, 3.63) is 0 Å². The van der Waals surface area contributed by atoms with Gasteiger partial charge in [-0.05, 0) is 65.3 Å². The molecule has 0 aromatic carbocycles. The van der Waals surface area contributed by atoms with Crippen molar-refractivity contribution in [1.82, 2.24) is 10.2 Å². The summed E-state index contributed by atoms with van der Waals surface area (Å²) in [6, 6.07) is 0.930. The Kier molecular flexibility index (Phi) is 8.38. The summed E-state index contributed by atoms with van der Waals surface area (Å²) in [6.45, 7) is 14.4. The summed E-state index contributed by atoms with van der Waals surface area (Å²) in [5.74, 6) is 0.775. The lowest BCUT2D eigenvalue weighted by Crippen LogP contribution is -2.41. The Hall–Kier alpha value is -0.770. The number of amides is 1. The molecule has 0 spiro atoms. The van der Waals surface area contributed by atoms with Crippen LogP contribution in [-0.2, 0) is 4.74 Å². The number of nitrogens with zero attached hydrogens (tertiary/aromatic N) is 1. The number of likely N-dealkylation sites (tertiary alicyclic amines) is 1. The molecule has 1 fully saturated rings. The normalized spacial score (nSPS) is 21.3. The van der Waals surface area contributed by atoms with E-state index in [0.717, 1.165) is 38.3 Å². The van der Waals surface area contributed by atoms with Crippen LogP contribution in [0.2, 0.25) is 0 Å². The maximum absolute atomic E-state index is 12.3. The van der Waals surface area contributed by atoms with Crippen LogP contribution in [0.25, 0.3) is 0 Å². The summed E-state index contributed by atoms with van der Waals surface area (Å²) in [4.78, 5) is 14.2. The van der Waals surface area contributed by atoms with Crippen molar-refractivity contribution in [2.75, 3.05) is 13.1 Å². The van der Waals surface area contributed by atoms with E-state index in [0.29, 0.717) is 12.1 Å². The molecule has 1 heterocycles. The van der Waals surface area contributed by atoms with E-state index < -0.39 is 5.60 Å². The SMILES string of the molecule is CCC(C)CC(CC)NCCC1CCCN1C(=O)OC(C)(C)C. The summed E-state index contributed by atoms with van der Waals surface area (Å²) in [5, 5.41) is 3.69. The average Bonchev–Trinajstić information content (AvgIpc) is 2.92. The predicted octanol–water partition coefficient (Wildman–Crippen LogP) is 4.58. The first kappa shape index (κ1) is 20.3. The van der Waals surface area contributed by atoms with Gasteiger partial charge in [0, 0.05) is 18.6 Å². The Morgan fingerprint density at radius 3 is 2.57 bits per heavy atom. The second-order valence-corrected chi connectivity index (χ2v) is 8.07. The van der Waals surface area contributed by atoms with Crippen molar-refractivity contribution < 1.29 is 9.53 Å². The smallest absolute Gasteiger partial charge is 0.410 e. The first-order valence-corrected chi connectivity index (χ1v) is 9.49. The minimum absolute atomic E-state index is 0.147. The molecule has 0 aromatic rings. The zero-order valence-corrected chi connectivity index (χ0v) is 16.2. The molecule has 4 heteroatoms. The quantitative estimate of drug-likeness (QED) is 0.710. The van der Waals surface area contributed by atoms with Gasteiger partial charge in [0.1, 0.15) is 5.60 Å². The average molecular weight is 327 g/mol. The van der Waals surface area contributed by atoms with E-state index in [-0.39, 0.29) is 6.09 Å². The molecule has 136 valence electrons. The summed E-state index contributed by atoms with van der Waals surface area (Å²) in [7, 11) is 0. The van der Waals surface area contributed by atoms with Crippen LogP contribution in [-0.4, -0.2) is 41.8 Å². The lowest BCUT2D eigenvalue weighted by molar-refractivity contribution is 0.0220. The number of hydrogen-bond acceptors (Lipinski definition) is 3. The van der Waals surface area contributed by atoms with E-state index in [1.165, 1.54) is 19.3 Å². The highest BCUT2D eigenvalue weighted by Gasteiger charge is 2.31. The van der Waals surface area contributed by atoms with Crippen LogP contribution in [0.1, 0.15) is 80.1 Å². The van der Waals surface area contributed by atoms with Gasteiger partial charge >= 0.3 is 6.09 Å². The van der Waals surface area contributed by atoms with E-state index in [1.807, 2.05) is 25.7 Å². The lowest BCUT2D eigenvalue weighted by Gasteiger charge is -2.29. The van der Waals surface area contributed by atoms with Crippen molar-refractivity contribution in [2.45, 2.75) is 97.8 Å². The lowest BCUT2D eigenvalue weighted by atomic mass is 9.97. The Morgan fingerprint density at radius 1 is 1.30 bits per heavy atom. The number of carbonyl (C=O) groups excluding carboxylic acids is 1. The van der Waals surface area contributed by atoms with Crippen LogP contribution in [0.15, 0.2) is 0 Å². The van der Waals surface area contributed by atoms with Crippen LogP contribution in [0.3, 0.4) is 0 Å². The van der Waals surface area contributed by atoms with Crippen LogP contribution in [0.5, 0.6) is 0 Å². The van der Waals surface area contributed by atoms with Crippen molar-refractivity contribution in [2.24, 2.45) is 5.92 Å². The number of rotatable bonds is 8. The first-order chi connectivity index (χ1) is 10.8. The molecule has 1 rings (SSSR count). The van der Waals surface area contributed by atoms with Gasteiger partial charge in [0.05, 0.1) is 0 Å². The third-order valence-corrected chi connectivity index (χ3v) is 4.79. The maximum Gasteiger partial charge on any atom is 0.410 e. The van der Waals surface area contributed by atoms with Gasteiger partial charge in [0.15, 0.2) is 0 Å². The van der Waals surface area contributed by atoms with Gasteiger partial charge < -0.3 is 15.0 Å². The number of nitrogens with one attached hydrogen (secondary N) is 1. The standard InChI is InChI=1S/C19H38N2O2/c1-7-15(3)14-16(8-2)20-12-11-17-10-9-13-21(17)18(22)23-19(4,5)6/h15-17,20H,7-14H2,1-6H3. The van der Waals surface area contributed by atoms with Crippen LogP contribution < -0.4 is 5.32 Å². The summed E-state index contributed by atoms with van der Waals surface area (Å²) >= 11 is 0. The number of ether oxygens (including phenoxy) is 1. The van der Waals surface area contributed by atoms with Crippen LogP contribution >= 0.6 is 0 Å². The predicted molar refractivity (Wildman–Crippen MR) is 96.7 cm³/mol. The van der Waals surface area contributed by atoms with Crippen molar-refractivity contribution in [3.8, 4) is 0 Å². The molecule has 3 atom stereocenters. The highest BCUT2D eigenvalue weighted by atomic mass is 16.6. The molecule has 4 nitrogen and oxygen atoms in total. The van der Waals surface area contributed by atoms with Gasteiger partial charge in [-0.15, -0.1) is 0 Å². The monoisotopic (exact) mass is 326 g/mol. The van der Waals surface area contributed by atoms with E-state index in [2.05, 4.69) is 26.1 Å². The van der Waals surface area contributed by atoms with Crippen molar-refractivity contribution in [1.29, 1.82) is 0 Å². The van der Waals surface area contributed by atoms with Gasteiger partial charge in [0.2, 0.25) is 0 Å². The Bertz CT molecular complexity index is 352. The second-order valence-electron chi connectivity index (χ2n) is 8.07. The van der Waals surface area contributed by atoms with Gasteiger partial charge in [-0.1, -0.05) is 27.2 Å². The van der Waals surface area contributed by atoms with E-state index in [9.17, 15) is 4.79 Å². The summed E-state index contributed by atoms with van der Waals surface area (Å²) < 4.78 is 5.53. The van der Waals surface area contributed by atoms with Gasteiger partial charge in [-0.3, -0.25) is 0 Å². The zero-order valence-electron chi connectivity index (χ0n) is 16.2. The molecule has 0 radical (unpaired) electrons. The molecule has 0 bridgehead atoms. The first-order valence-electron chi connectivity index (χ1n) is 9.49. The molecule has 1 amide bonds. The fourth-order valence-electron chi connectivity index (χ4n) is 3.20. The minimum atomic E-state index is -0.411. The minimum Gasteiger partial charge on any atom is -0.444 e. The molecule has 0 aromatic heterocycles. The molecule has 1 aliphatic rings. The molecule has 0 saturated carbocycles. The molecule has 1 saturated heterocycles. The van der Waals surface area contributed by atoms with Crippen molar-refractivity contribution in [3.63, 3.8) is 0 Å². The molecular formula is C19H38N2O2. The second kappa shape index (κ2) is 9.51. The van der Waals surface area contributed by atoms with Gasteiger partial charge in [0.25, 0.3) is 0 Å². The van der Waals surface area contributed by atoms with Crippen molar-refractivity contribution >= 4 is 6.09 Å². The molecule has 1 aliphatic heterocycles. The van der Waals surface area contributed by atoms with Crippen LogP contribution in [0, 0.1) is 5.92 Å². The maximum atomic E-state index is 12.3. The largest absolute Gasteiger partial charge is 0.444 e. The Balaban J connectivity index is 2.39. The van der Waals surface area contributed by atoms with E-state index >= 15 is 0 Å². The Morgan fingerprint density at radius 2 is 2.00 bits per heavy atom. The molecule has 23 heavy (non-hydrogen) atoms. The van der Waals surface area contributed by atoms with Gasteiger partial charge in [-0.25, -0.2) is 4.79 Å². The highest BCUT2D eigenvalue weighted by Crippen LogP contribution is 2.23. The fourth-order valence-corrected chi connectivity index (χ4v) is 3.20. The molecule has 1 N–H and O–H groups in total. The highest BCUT2D eigenvalue weighted by molar-refractivity contribution is 5.68. The molecule has 0 aliphatic carbocycles. The molecular weight excluding hydrogens is 288 g/mol. The third kappa shape index (κ3) is 7.56. The summed E-state index contributed by atoms with van der Waals surface area (Å²) in [6.07, 6.45) is 6.73. The summed E-state index contributed by atoms with van der Waals surface area (Å²) in [5.41, 5.74) is -0.411.